The second-order valence-corrected chi connectivity index (χ2v) is 8.43. The summed E-state index contributed by atoms with van der Waals surface area (Å²) in [7, 11) is 0. The maximum atomic E-state index is 13.1. The van der Waals surface area contributed by atoms with Gasteiger partial charge in [-0.15, -0.1) is 0 Å². The van der Waals surface area contributed by atoms with Crippen LogP contribution in [0.3, 0.4) is 0 Å². The number of nitrogens with two attached hydrogens (primary N) is 1. The largest absolute Gasteiger partial charge is 0.368 e. The van der Waals surface area contributed by atoms with Gasteiger partial charge in [0, 0.05) is 24.8 Å². The van der Waals surface area contributed by atoms with Crippen molar-refractivity contribution in [3.63, 3.8) is 0 Å². The van der Waals surface area contributed by atoms with Crippen LogP contribution in [0.5, 0.6) is 0 Å². The molecule has 0 unspecified atom stereocenters. The van der Waals surface area contributed by atoms with Gasteiger partial charge in [-0.2, -0.15) is 0 Å². The van der Waals surface area contributed by atoms with Crippen molar-refractivity contribution in [2.24, 2.45) is 0 Å². The van der Waals surface area contributed by atoms with Crippen LogP contribution in [0.4, 0.5) is 5.95 Å². The highest BCUT2D eigenvalue weighted by atomic mass is 16.5. The fraction of sp³-hybridized carbons (Fsp3) is 0.320. The average Bonchev–Trinajstić information content (AvgIpc) is 2.80. The Labute approximate surface area is 182 Å². The third-order valence-corrected chi connectivity index (χ3v) is 6.44. The summed E-state index contributed by atoms with van der Waals surface area (Å²) in [5.74, 6) is 0.333. The SMILES string of the molecule is Cc1ccc(-c2ccc(C(=O)N3CCC4(CC3)OCCc3cnc(N)nc34)cc2)cc1. The third-order valence-electron chi connectivity index (χ3n) is 6.44. The molecule has 1 fully saturated rings. The first-order valence-electron chi connectivity index (χ1n) is 10.8. The lowest BCUT2D eigenvalue weighted by Crippen LogP contribution is -2.49. The Morgan fingerprint density at radius 1 is 1.03 bits per heavy atom. The van der Waals surface area contributed by atoms with E-state index in [9.17, 15) is 4.79 Å². The van der Waals surface area contributed by atoms with Crippen LogP contribution in [0.25, 0.3) is 11.1 Å². The van der Waals surface area contributed by atoms with Gasteiger partial charge >= 0.3 is 0 Å². The van der Waals surface area contributed by atoms with Gasteiger partial charge in [0.05, 0.1) is 12.3 Å². The highest BCUT2D eigenvalue weighted by Crippen LogP contribution is 2.40. The Kier molecular flexibility index (Phi) is 4.94. The summed E-state index contributed by atoms with van der Waals surface area (Å²) in [4.78, 5) is 23.6. The summed E-state index contributed by atoms with van der Waals surface area (Å²) in [5, 5.41) is 0. The molecule has 2 aromatic carbocycles. The van der Waals surface area contributed by atoms with Crippen LogP contribution in [0, 0.1) is 6.92 Å². The maximum absolute atomic E-state index is 13.1. The van der Waals surface area contributed by atoms with Gasteiger partial charge in [-0.25, -0.2) is 9.97 Å². The van der Waals surface area contributed by atoms with Gasteiger partial charge in [0.15, 0.2) is 0 Å². The molecule has 3 heterocycles. The molecular formula is C25H26N4O2. The number of rotatable bonds is 2. The van der Waals surface area contributed by atoms with Crippen LogP contribution >= 0.6 is 0 Å². The van der Waals surface area contributed by atoms with E-state index in [1.807, 2.05) is 35.4 Å². The Morgan fingerprint density at radius 2 is 1.68 bits per heavy atom. The maximum Gasteiger partial charge on any atom is 0.253 e. The van der Waals surface area contributed by atoms with Gasteiger partial charge in [-0.05, 0) is 55.0 Å². The van der Waals surface area contributed by atoms with Crippen molar-refractivity contribution in [3.05, 3.63) is 77.1 Å². The molecule has 2 aliphatic rings. The van der Waals surface area contributed by atoms with Crippen molar-refractivity contribution >= 4 is 11.9 Å². The van der Waals surface area contributed by atoms with Gasteiger partial charge in [0.1, 0.15) is 5.60 Å². The third kappa shape index (κ3) is 3.68. The van der Waals surface area contributed by atoms with Crippen LogP contribution in [0.1, 0.15) is 40.0 Å². The molecule has 1 aromatic heterocycles. The number of fused-ring (bicyclic) bond motifs is 2. The van der Waals surface area contributed by atoms with Crippen LogP contribution < -0.4 is 5.73 Å². The quantitative estimate of drug-likeness (QED) is 0.691. The van der Waals surface area contributed by atoms with E-state index in [4.69, 9.17) is 10.5 Å². The average molecular weight is 415 g/mol. The van der Waals surface area contributed by atoms with E-state index in [1.54, 1.807) is 0 Å². The molecule has 0 saturated carbocycles. The molecule has 31 heavy (non-hydrogen) atoms. The summed E-state index contributed by atoms with van der Waals surface area (Å²) >= 11 is 0. The van der Waals surface area contributed by atoms with E-state index in [1.165, 1.54) is 5.56 Å². The van der Waals surface area contributed by atoms with Crippen LogP contribution in [0.15, 0.2) is 54.7 Å². The number of aromatic nitrogens is 2. The van der Waals surface area contributed by atoms with Crippen molar-refractivity contribution in [1.29, 1.82) is 0 Å². The molecule has 5 rings (SSSR count). The Morgan fingerprint density at radius 3 is 2.35 bits per heavy atom. The second kappa shape index (κ2) is 7.78. The summed E-state index contributed by atoms with van der Waals surface area (Å²) in [6, 6.07) is 16.3. The van der Waals surface area contributed by atoms with Crippen molar-refractivity contribution in [1.82, 2.24) is 14.9 Å². The molecule has 1 spiro atoms. The normalized spacial score (nSPS) is 17.4. The van der Waals surface area contributed by atoms with E-state index in [0.717, 1.165) is 28.8 Å². The molecule has 3 aromatic rings. The van der Waals surface area contributed by atoms with Gasteiger partial charge in [-0.1, -0.05) is 42.0 Å². The molecule has 0 bridgehead atoms. The molecule has 0 radical (unpaired) electrons. The number of carbonyl (C=O) groups excluding carboxylic acids is 1. The Bertz CT molecular complexity index is 1100. The van der Waals surface area contributed by atoms with Gasteiger partial charge in [-0.3, -0.25) is 4.79 Å². The minimum atomic E-state index is -0.462. The first kappa shape index (κ1) is 19.7. The van der Waals surface area contributed by atoms with Gasteiger partial charge < -0.3 is 15.4 Å². The Hall–Kier alpha value is -3.25. The molecular weight excluding hydrogens is 388 g/mol. The summed E-state index contributed by atoms with van der Waals surface area (Å²) in [6.45, 7) is 3.98. The summed E-state index contributed by atoms with van der Waals surface area (Å²) < 4.78 is 6.21. The predicted octanol–water partition coefficient (Wildman–Crippen LogP) is 3.74. The van der Waals surface area contributed by atoms with Gasteiger partial charge in [0.2, 0.25) is 5.95 Å². The molecule has 6 nitrogen and oxygen atoms in total. The number of amides is 1. The number of piperidine rings is 1. The van der Waals surface area contributed by atoms with E-state index in [2.05, 4.69) is 41.2 Å². The number of carbonyl (C=O) groups is 1. The molecule has 158 valence electrons. The number of aryl methyl sites for hydroxylation is 1. The highest BCUT2D eigenvalue weighted by Gasteiger charge is 2.43. The van der Waals surface area contributed by atoms with Crippen LogP contribution in [-0.2, 0) is 16.8 Å². The minimum Gasteiger partial charge on any atom is -0.368 e. The zero-order valence-corrected chi connectivity index (χ0v) is 17.7. The lowest BCUT2D eigenvalue weighted by Gasteiger charge is -2.44. The number of ether oxygens (including phenoxy) is 1. The molecule has 1 saturated heterocycles. The summed E-state index contributed by atoms with van der Waals surface area (Å²) in [5.41, 5.74) is 11.6. The smallest absolute Gasteiger partial charge is 0.253 e. The number of hydrogen-bond donors (Lipinski definition) is 1. The number of nitrogen functional groups attached to an aromatic ring is 1. The lowest BCUT2D eigenvalue weighted by atomic mass is 9.83. The van der Waals surface area contributed by atoms with Gasteiger partial charge in [0.25, 0.3) is 5.91 Å². The molecule has 2 aliphatic heterocycles. The zero-order chi connectivity index (χ0) is 21.4. The zero-order valence-electron chi connectivity index (χ0n) is 17.7. The number of anilines is 1. The topological polar surface area (TPSA) is 81.3 Å². The second-order valence-electron chi connectivity index (χ2n) is 8.43. The van der Waals surface area contributed by atoms with Crippen molar-refractivity contribution in [2.45, 2.75) is 31.8 Å². The van der Waals surface area contributed by atoms with Crippen LogP contribution in [0.2, 0.25) is 0 Å². The van der Waals surface area contributed by atoms with Crippen molar-refractivity contribution in [3.8, 4) is 11.1 Å². The monoisotopic (exact) mass is 414 g/mol. The van der Waals surface area contributed by atoms with E-state index < -0.39 is 5.60 Å². The number of nitrogens with zero attached hydrogens (tertiary/aromatic N) is 3. The fourth-order valence-electron chi connectivity index (χ4n) is 4.61. The minimum absolute atomic E-state index is 0.0588. The van der Waals surface area contributed by atoms with Crippen LogP contribution in [-0.4, -0.2) is 40.5 Å². The highest BCUT2D eigenvalue weighted by molar-refractivity contribution is 5.94. The van der Waals surface area contributed by atoms with E-state index >= 15 is 0 Å². The first-order chi connectivity index (χ1) is 15.0. The number of hydrogen-bond acceptors (Lipinski definition) is 5. The van der Waals surface area contributed by atoms with Crippen molar-refractivity contribution < 1.29 is 9.53 Å². The predicted molar refractivity (Wildman–Crippen MR) is 120 cm³/mol. The summed E-state index contributed by atoms with van der Waals surface area (Å²) in [6.07, 6.45) is 4.04. The fourth-order valence-corrected chi connectivity index (χ4v) is 4.61. The van der Waals surface area contributed by atoms with E-state index in [0.29, 0.717) is 38.1 Å². The number of benzene rings is 2. The Balaban J connectivity index is 1.30. The molecule has 2 N–H and O–H groups in total. The van der Waals surface area contributed by atoms with E-state index in [-0.39, 0.29) is 11.9 Å². The lowest BCUT2D eigenvalue weighted by molar-refractivity contribution is -0.0966. The van der Waals surface area contributed by atoms with Crippen molar-refractivity contribution in [2.75, 3.05) is 25.4 Å². The molecule has 1 amide bonds. The molecule has 0 atom stereocenters. The standard InChI is InChI=1S/C25H26N4O2/c1-17-2-4-18(5-3-17)19-6-8-20(9-7-19)23(30)29-13-11-25(12-14-29)22-21(10-15-31-25)16-27-24(26)28-22/h2-9,16H,10-15H2,1H3,(H2,26,27,28). The first-order valence-corrected chi connectivity index (χ1v) is 10.8. The molecule has 6 heteroatoms. The number of likely N-dealkylation sites (tertiary alicyclic amines) is 1. The molecule has 0 aliphatic carbocycles.